The maximum absolute atomic E-state index is 10.9. The molecule has 1 unspecified atom stereocenters. The normalized spacial score (nSPS) is 13.2. The van der Waals surface area contributed by atoms with Gasteiger partial charge in [-0.1, -0.05) is 32.9 Å². The zero-order valence-corrected chi connectivity index (χ0v) is 11.4. The fourth-order valence-corrected chi connectivity index (χ4v) is 1.60. The minimum absolute atomic E-state index is 0.0458. The van der Waals surface area contributed by atoms with E-state index in [9.17, 15) is 4.79 Å². The van der Waals surface area contributed by atoms with Gasteiger partial charge < -0.3 is 15.6 Å². The minimum Gasteiger partial charge on any atom is -0.478 e. The van der Waals surface area contributed by atoms with Crippen LogP contribution in [0.5, 0.6) is 5.75 Å². The third-order valence-electron chi connectivity index (χ3n) is 2.80. The molecule has 0 radical (unpaired) electrons. The summed E-state index contributed by atoms with van der Waals surface area (Å²) in [6.07, 6.45) is -0.996. The van der Waals surface area contributed by atoms with Gasteiger partial charge in [0.05, 0.1) is 0 Å². The second-order valence-corrected chi connectivity index (χ2v) is 5.41. The highest BCUT2D eigenvalue weighted by Gasteiger charge is 2.19. The molecule has 1 rings (SSSR count). The molecule has 1 aromatic rings. The first kappa shape index (κ1) is 14.5. The third-order valence-corrected chi connectivity index (χ3v) is 2.80. The van der Waals surface area contributed by atoms with Crippen LogP contribution in [0, 0.1) is 6.92 Å². The molecule has 0 amide bonds. The minimum atomic E-state index is -1.04. The lowest BCUT2D eigenvalue weighted by Gasteiger charge is -2.21. The van der Waals surface area contributed by atoms with E-state index in [1.165, 1.54) is 5.56 Å². The van der Waals surface area contributed by atoms with E-state index >= 15 is 0 Å². The van der Waals surface area contributed by atoms with Crippen molar-refractivity contribution < 1.29 is 14.6 Å². The summed E-state index contributed by atoms with van der Waals surface area (Å²) in [6, 6.07) is 5.78. The van der Waals surface area contributed by atoms with Gasteiger partial charge in [-0.25, -0.2) is 4.79 Å². The van der Waals surface area contributed by atoms with E-state index in [0.29, 0.717) is 5.75 Å². The molecule has 100 valence electrons. The van der Waals surface area contributed by atoms with Crippen molar-refractivity contribution in [2.75, 3.05) is 6.54 Å². The highest BCUT2D eigenvalue weighted by Crippen LogP contribution is 2.27. The van der Waals surface area contributed by atoms with Crippen LogP contribution in [0.15, 0.2) is 18.2 Å². The summed E-state index contributed by atoms with van der Waals surface area (Å²) in [5.74, 6) is -0.474. The molecular formula is C14H21NO3. The first-order valence-corrected chi connectivity index (χ1v) is 5.96. The molecule has 4 heteroatoms. The molecule has 4 nitrogen and oxygen atoms in total. The van der Waals surface area contributed by atoms with E-state index in [4.69, 9.17) is 15.6 Å². The first-order valence-electron chi connectivity index (χ1n) is 5.96. The molecule has 0 aliphatic rings. The van der Waals surface area contributed by atoms with Crippen molar-refractivity contribution in [1.29, 1.82) is 0 Å². The van der Waals surface area contributed by atoms with Gasteiger partial charge in [-0.3, -0.25) is 0 Å². The number of aliphatic carboxylic acids is 1. The average Bonchev–Trinajstić information content (AvgIpc) is 2.25. The van der Waals surface area contributed by atoms with Gasteiger partial charge >= 0.3 is 5.97 Å². The molecule has 0 saturated carbocycles. The van der Waals surface area contributed by atoms with Gasteiger partial charge in [0.15, 0.2) is 0 Å². The van der Waals surface area contributed by atoms with E-state index < -0.39 is 12.1 Å². The summed E-state index contributed by atoms with van der Waals surface area (Å²) >= 11 is 0. The molecule has 18 heavy (non-hydrogen) atoms. The maximum atomic E-state index is 10.9. The number of carbonyl (C=O) groups is 1. The molecule has 0 aliphatic heterocycles. The largest absolute Gasteiger partial charge is 0.478 e. The summed E-state index contributed by atoms with van der Waals surface area (Å²) < 4.78 is 5.40. The zero-order chi connectivity index (χ0) is 13.9. The number of hydrogen-bond donors (Lipinski definition) is 2. The zero-order valence-electron chi connectivity index (χ0n) is 11.4. The SMILES string of the molecule is Cc1cc(C(C)(C)C)ccc1OC(CN)C(=O)O. The molecule has 0 aliphatic carbocycles. The summed E-state index contributed by atoms with van der Waals surface area (Å²) in [6.45, 7) is 8.24. The number of carboxylic acid groups (broad SMARTS) is 1. The number of aryl methyl sites for hydroxylation is 1. The average molecular weight is 251 g/mol. The summed E-state index contributed by atoms with van der Waals surface area (Å²) in [5.41, 5.74) is 7.53. The van der Waals surface area contributed by atoms with E-state index in [2.05, 4.69) is 20.8 Å². The first-order chi connectivity index (χ1) is 8.25. The van der Waals surface area contributed by atoms with Gasteiger partial charge in [-0.2, -0.15) is 0 Å². The van der Waals surface area contributed by atoms with E-state index in [0.717, 1.165) is 5.56 Å². The molecular weight excluding hydrogens is 230 g/mol. The fourth-order valence-electron chi connectivity index (χ4n) is 1.60. The summed E-state index contributed by atoms with van der Waals surface area (Å²) in [7, 11) is 0. The molecule has 0 fully saturated rings. The third kappa shape index (κ3) is 3.47. The Morgan fingerprint density at radius 1 is 1.44 bits per heavy atom. The van der Waals surface area contributed by atoms with Crippen molar-refractivity contribution in [1.82, 2.24) is 0 Å². The monoisotopic (exact) mass is 251 g/mol. The van der Waals surface area contributed by atoms with Gasteiger partial charge in [0, 0.05) is 6.54 Å². The second-order valence-electron chi connectivity index (χ2n) is 5.41. The van der Waals surface area contributed by atoms with E-state index in [1.54, 1.807) is 0 Å². The lowest BCUT2D eigenvalue weighted by Crippen LogP contribution is -2.34. The number of nitrogens with two attached hydrogens (primary N) is 1. The van der Waals surface area contributed by atoms with Crippen LogP contribution in [-0.2, 0) is 10.2 Å². The fraction of sp³-hybridized carbons (Fsp3) is 0.500. The predicted octanol–water partition coefficient (Wildman–Crippen LogP) is 2.08. The van der Waals surface area contributed by atoms with Crippen LogP contribution in [0.2, 0.25) is 0 Å². The quantitative estimate of drug-likeness (QED) is 0.859. The molecule has 0 bridgehead atoms. The summed E-state index contributed by atoms with van der Waals surface area (Å²) in [5, 5.41) is 8.90. The predicted molar refractivity (Wildman–Crippen MR) is 71.0 cm³/mol. The molecule has 1 aromatic carbocycles. The van der Waals surface area contributed by atoms with Crippen LogP contribution < -0.4 is 10.5 Å². The van der Waals surface area contributed by atoms with Gasteiger partial charge in [-0.15, -0.1) is 0 Å². The van der Waals surface area contributed by atoms with Crippen LogP contribution >= 0.6 is 0 Å². The van der Waals surface area contributed by atoms with Crippen molar-refractivity contribution in [3.05, 3.63) is 29.3 Å². The topological polar surface area (TPSA) is 72.5 Å². The van der Waals surface area contributed by atoms with Gasteiger partial charge in [-0.05, 0) is 29.5 Å². The van der Waals surface area contributed by atoms with Gasteiger partial charge in [0.2, 0.25) is 6.10 Å². The van der Waals surface area contributed by atoms with Crippen LogP contribution in [0.3, 0.4) is 0 Å². The van der Waals surface area contributed by atoms with Crippen LogP contribution in [0.1, 0.15) is 31.9 Å². The van der Waals surface area contributed by atoms with Crippen molar-refractivity contribution in [2.24, 2.45) is 5.73 Å². The number of ether oxygens (including phenoxy) is 1. The smallest absolute Gasteiger partial charge is 0.346 e. The lowest BCUT2D eigenvalue weighted by atomic mass is 9.86. The van der Waals surface area contributed by atoms with Crippen molar-refractivity contribution >= 4 is 5.97 Å². The number of carboxylic acids is 1. The molecule has 0 spiro atoms. The number of benzene rings is 1. The molecule has 0 heterocycles. The van der Waals surface area contributed by atoms with Crippen molar-refractivity contribution in [3.63, 3.8) is 0 Å². The Labute approximate surface area is 108 Å². The van der Waals surface area contributed by atoms with Crippen LogP contribution in [0.25, 0.3) is 0 Å². The molecule has 1 atom stereocenters. The van der Waals surface area contributed by atoms with E-state index in [-0.39, 0.29) is 12.0 Å². The highest BCUT2D eigenvalue weighted by molar-refractivity contribution is 5.73. The number of hydrogen-bond acceptors (Lipinski definition) is 3. The lowest BCUT2D eigenvalue weighted by molar-refractivity contribution is -0.144. The second kappa shape index (κ2) is 5.40. The Morgan fingerprint density at radius 3 is 2.44 bits per heavy atom. The van der Waals surface area contributed by atoms with Gasteiger partial charge in [0.1, 0.15) is 5.75 Å². The Morgan fingerprint density at radius 2 is 2.06 bits per heavy atom. The molecule has 0 aromatic heterocycles. The standard InChI is InChI=1S/C14H21NO3/c1-9-7-10(14(2,3)4)5-6-11(9)18-12(8-15)13(16)17/h5-7,12H,8,15H2,1-4H3,(H,16,17). The van der Waals surface area contributed by atoms with Crippen LogP contribution in [0.4, 0.5) is 0 Å². The Kier molecular flexibility index (Phi) is 4.35. The molecule has 3 N–H and O–H groups in total. The Hall–Kier alpha value is -1.55. The molecule has 0 saturated heterocycles. The van der Waals surface area contributed by atoms with Crippen LogP contribution in [-0.4, -0.2) is 23.7 Å². The number of rotatable bonds is 4. The summed E-state index contributed by atoms with van der Waals surface area (Å²) in [4.78, 5) is 10.9. The Balaban J connectivity index is 2.96. The van der Waals surface area contributed by atoms with Crippen molar-refractivity contribution in [2.45, 2.75) is 39.2 Å². The maximum Gasteiger partial charge on any atom is 0.346 e. The highest BCUT2D eigenvalue weighted by atomic mass is 16.5. The van der Waals surface area contributed by atoms with E-state index in [1.807, 2.05) is 25.1 Å². The van der Waals surface area contributed by atoms with Gasteiger partial charge in [0.25, 0.3) is 0 Å². The Bertz CT molecular complexity index is 435. The van der Waals surface area contributed by atoms with Crippen molar-refractivity contribution in [3.8, 4) is 5.75 Å².